The monoisotopic (exact) mass is 244 g/mol. The van der Waals surface area contributed by atoms with Crippen molar-refractivity contribution < 1.29 is 9.47 Å². The zero-order chi connectivity index (χ0) is 7.11. The molecule has 0 heterocycles. The smallest absolute Gasteiger partial charge is 0.166 e. The molecular weight excluding hydrogens is 231 g/mol. The molecule has 0 radical (unpaired) electrons. The summed E-state index contributed by atoms with van der Waals surface area (Å²) in [5.74, 6) is 0. The molecule has 0 aliphatic heterocycles. The third-order valence-electron chi connectivity index (χ3n) is 0.831. The van der Waals surface area contributed by atoms with Gasteiger partial charge in [-0.2, -0.15) is 0 Å². The summed E-state index contributed by atoms with van der Waals surface area (Å²) in [6, 6.07) is 0. The van der Waals surface area contributed by atoms with Gasteiger partial charge in [-0.3, -0.25) is 0 Å². The van der Waals surface area contributed by atoms with E-state index >= 15 is 0 Å². The normalized spacial score (nSPS) is 10.7. The van der Waals surface area contributed by atoms with Crippen LogP contribution in [0.25, 0.3) is 0 Å². The molecule has 0 bridgehead atoms. The van der Waals surface area contributed by atoms with E-state index in [0.29, 0.717) is 0 Å². The molecule has 2 nitrogen and oxygen atoms in total. The molecule has 0 aromatic rings. The summed E-state index contributed by atoms with van der Waals surface area (Å²) in [6.07, 6.45) is 0.000556. The van der Waals surface area contributed by atoms with Gasteiger partial charge in [0.1, 0.15) is 0 Å². The second-order valence-corrected chi connectivity index (χ2v) is 2.38. The number of hydrogen-bond donors (Lipinski definition) is 0. The van der Waals surface area contributed by atoms with E-state index in [2.05, 4.69) is 22.6 Å². The van der Waals surface area contributed by atoms with Gasteiger partial charge < -0.3 is 9.47 Å². The molecule has 0 N–H and O–H groups in total. The fourth-order valence-electron chi connectivity index (χ4n) is 0.509. The van der Waals surface area contributed by atoms with Crippen LogP contribution in [-0.4, -0.2) is 23.9 Å². The highest BCUT2D eigenvalue weighted by Crippen LogP contribution is 1.98. The van der Waals surface area contributed by atoms with E-state index < -0.39 is 0 Å². The molecule has 56 valence electrons. The van der Waals surface area contributed by atoms with Gasteiger partial charge in [0.05, 0.1) is 4.43 Å². The number of ether oxygens (including phenoxy) is 2. The third kappa shape index (κ3) is 5.11. The van der Waals surface area contributed by atoms with Gasteiger partial charge in [-0.15, -0.1) is 0 Å². The Balaban J connectivity index is 3.18. The van der Waals surface area contributed by atoms with Crippen molar-refractivity contribution in [1.82, 2.24) is 0 Å². The Morgan fingerprint density at radius 2 is 1.67 bits per heavy atom. The number of alkyl halides is 1. The molecule has 0 amide bonds. The fraction of sp³-hybridized carbons (Fsp3) is 1.00. The number of halogens is 1. The first-order chi connectivity index (χ1) is 4.35. The summed E-state index contributed by atoms with van der Waals surface area (Å²) in [6.45, 7) is 5.40. The van der Waals surface area contributed by atoms with Crippen LogP contribution in [0, 0.1) is 0 Å². The summed E-state index contributed by atoms with van der Waals surface area (Å²) in [5, 5.41) is 0. The summed E-state index contributed by atoms with van der Waals surface area (Å²) in [4.78, 5) is 0. The van der Waals surface area contributed by atoms with Crippen LogP contribution in [0.15, 0.2) is 0 Å². The molecule has 0 spiro atoms. The predicted molar refractivity (Wildman–Crippen MR) is 45.9 cm³/mol. The predicted octanol–water partition coefficient (Wildman–Crippen LogP) is 1.82. The zero-order valence-corrected chi connectivity index (χ0v) is 8.05. The lowest BCUT2D eigenvalue weighted by atomic mass is 10.7. The third-order valence-corrected chi connectivity index (χ3v) is 1.55. The Labute approximate surface area is 70.1 Å². The van der Waals surface area contributed by atoms with Gasteiger partial charge >= 0.3 is 0 Å². The van der Waals surface area contributed by atoms with E-state index in [1.807, 2.05) is 13.8 Å². The molecule has 0 saturated heterocycles. The summed E-state index contributed by atoms with van der Waals surface area (Å²) in [7, 11) is 0. The Hall–Kier alpha value is 0.650. The second-order valence-electron chi connectivity index (χ2n) is 1.49. The van der Waals surface area contributed by atoms with Gasteiger partial charge in [0, 0.05) is 13.2 Å². The molecule has 9 heavy (non-hydrogen) atoms. The number of hydrogen-bond acceptors (Lipinski definition) is 2. The molecule has 0 rings (SSSR count). The SMILES string of the molecule is CCOC(CI)OCC. The minimum Gasteiger partial charge on any atom is -0.352 e. The van der Waals surface area contributed by atoms with Crippen molar-refractivity contribution in [3.8, 4) is 0 Å². The minimum atomic E-state index is 0.000556. The van der Waals surface area contributed by atoms with Crippen LogP contribution in [0.5, 0.6) is 0 Å². The lowest BCUT2D eigenvalue weighted by molar-refractivity contribution is -0.118. The van der Waals surface area contributed by atoms with Crippen LogP contribution >= 0.6 is 22.6 Å². The van der Waals surface area contributed by atoms with Crippen LogP contribution in [0.4, 0.5) is 0 Å². The molecule has 0 aromatic carbocycles. The Bertz CT molecular complexity index is 53.0. The van der Waals surface area contributed by atoms with Crippen LogP contribution in [0.2, 0.25) is 0 Å². The van der Waals surface area contributed by atoms with Gasteiger partial charge in [0.25, 0.3) is 0 Å². The first-order valence-corrected chi connectivity index (χ1v) is 4.66. The first kappa shape index (κ1) is 9.65. The quantitative estimate of drug-likeness (QED) is 0.417. The van der Waals surface area contributed by atoms with Gasteiger partial charge in [0.15, 0.2) is 6.29 Å². The summed E-state index contributed by atoms with van der Waals surface area (Å²) in [5.41, 5.74) is 0. The lowest BCUT2D eigenvalue weighted by Gasteiger charge is -2.12. The Morgan fingerprint density at radius 1 is 1.22 bits per heavy atom. The van der Waals surface area contributed by atoms with E-state index in [0.717, 1.165) is 17.6 Å². The summed E-state index contributed by atoms with van der Waals surface area (Å²) < 4.78 is 11.3. The molecule has 0 aliphatic rings. The molecule has 0 atom stereocenters. The van der Waals surface area contributed by atoms with Crippen molar-refractivity contribution in [2.45, 2.75) is 20.1 Å². The van der Waals surface area contributed by atoms with E-state index in [1.165, 1.54) is 0 Å². The second kappa shape index (κ2) is 6.77. The van der Waals surface area contributed by atoms with E-state index in [-0.39, 0.29) is 6.29 Å². The largest absolute Gasteiger partial charge is 0.352 e. The van der Waals surface area contributed by atoms with Crippen LogP contribution < -0.4 is 0 Å². The van der Waals surface area contributed by atoms with Crippen LogP contribution in [0.1, 0.15) is 13.8 Å². The van der Waals surface area contributed by atoms with Crippen molar-refractivity contribution in [3.63, 3.8) is 0 Å². The van der Waals surface area contributed by atoms with Crippen molar-refractivity contribution >= 4 is 22.6 Å². The van der Waals surface area contributed by atoms with E-state index in [4.69, 9.17) is 9.47 Å². The molecule has 3 heteroatoms. The molecule has 0 unspecified atom stereocenters. The van der Waals surface area contributed by atoms with Crippen molar-refractivity contribution in [3.05, 3.63) is 0 Å². The Kier molecular flexibility index (Phi) is 7.25. The van der Waals surface area contributed by atoms with E-state index in [1.54, 1.807) is 0 Å². The highest BCUT2D eigenvalue weighted by atomic mass is 127. The summed E-state index contributed by atoms with van der Waals surface area (Å²) >= 11 is 2.25. The maximum atomic E-state index is 5.20. The highest BCUT2D eigenvalue weighted by Gasteiger charge is 2.02. The highest BCUT2D eigenvalue weighted by molar-refractivity contribution is 14.1. The average Bonchev–Trinajstić information content (AvgIpc) is 1.88. The van der Waals surface area contributed by atoms with Crippen LogP contribution in [-0.2, 0) is 9.47 Å². The van der Waals surface area contributed by atoms with Crippen molar-refractivity contribution in [2.24, 2.45) is 0 Å². The molecule has 0 saturated carbocycles. The molecule has 0 aliphatic carbocycles. The molecule has 0 aromatic heterocycles. The van der Waals surface area contributed by atoms with Crippen molar-refractivity contribution in [2.75, 3.05) is 17.6 Å². The lowest BCUT2D eigenvalue weighted by Crippen LogP contribution is -2.18. The van der Waals surface area contributed by atoms with Gasteiger partial charge in [-0.05, 0) is 13.8 Å². The zero-order valence-electron chi connectivity index (χ0n) is 5.89. The average molecular weight is 244 g/mol. The maximum Gasteiger partial charge on any atom is 0.166 e. The molecule has 0 fully saturated rings. The molecular formula is C6H13IO2. The number of rotatable bonds is 5. The van der Waals surface area contributed by atoms with E-state index in [9.17, 15) is 0 Å². The van der Waals surface area contributed by atoms with Crippen LogP contribution in [0.3, 0.4) is 0 Å². The Morgan fingerprint density at radius 3 is 1.89 bits per heavy atom. The minimum absolute atomic E-state index is 0.000556. The topological polar surface area (TPSA) is 18.5 Å². The van der Waals surface area contributed by atoms with Gasteiger partial charge in [-0.1, -0.05) is 22.6 Å². The van der Waals surface area contributed by atoms with Crippen molar-refractivity contribution in [1.29, 1.82) is 0 Å². The fourth-order valence-corrected chi connectivity index (χ4v) is 1.02. The van der Waals surface area contributed by atoms with Gasteiger partial charge in [-0.25, -0.2) is 0 Å². The maximum absolute atomic E-state index is 5.20. The standard InChI is InChI=1S/C6H13IO2/c1-3-8-6(5-7)9-4-2/h6H,3-5H2,1-2H3. The first-order valence-electron chi connectivity index (χ1n) is 3.14. The van der Waals surface area contributed by atoms with Gasteiger partial charge in [0.2, 0.25) is 0 Å².